The summed E-state index contributed by atoms with van der Waals surface area (Å²) in [6, 6.07) is 10.5. The maximum atomic E-state index is 13.4. The highest BCUT2D eigenvalue weighted by Crippen LogP contribution is 2.37. The van der Waals surface area contributed by atoms with Crippen molar-refractivity contribution in [2.24, 2.45) is 5.73 Å². The first-order valence-electron chi connectivity index (χ1n) is 14.5. The van der Waals surface area contributed by atoms with Crippen molar-refractivity contribution in [3.63, 3.8) is 0 Å². The second-order valence-corrected chi connectivity index (χ2v) is 13.6. The van der Waals surface area contributed by atoms with E-state index >= 15 is 0 Å². The van der Waals surface area contributed by atoms with Gasteiger partial charge in [0.1, 0.15) is 16.2 Å². The largest absolute Gasteiger partial charge is 0.573 e. The fourth-order valence-corrected chi connectivity index (χ4v) is 7.26. The number of nitriles is 1. The van der Waals surface area contributed by atoms with Crippen molar-refractivity contribution in [1.82, 2.24) is 25.4 Å². The number of carbonyl (C=O) groups excluding carboxylic acids is 1. The third-order valence-electron chi connectivity index (χ3n) is 8.28. The number of nitrogens with zero attached hydrogens (tertiary/aromatic N) is 5. The van der Waals surface area contributed by atoms with Gasteiger partial charge in [-0.15, -0.1) is 23.4 Å². The first-order valence-corrected chi connectivity index (χ1v) is 16.1. The maximum absolute atomic E-state index is 13.4. The van der Waals surface area contributed by atoms with Crippen LogP contribution >= 0.6 is 0 Å². The molecule has 0 aliphatic carbocycles. The number of benzene rings is 1. The highest BCUT2D eigenvalue weighted by molar-refractivity contribution is 7.95. The van der Waals surface area contributed by atoms with E-state index in [0.29, 0.717) is 53.9 Å². The molecule has 0 amide bonds. The quantitative estimate of drug-likeness (QED) is 0.393. The van der Waals surface area contributed by atoms with Crippen LogP contribution in [0.3, 0.4) is 0 Å². The molecule has 16 heteroatoms. The molecule has 0 unspecified atom stereocenters. The van der Waals surface area contributed by atoms with Crippen molar-refractivity contribution < 1.29 is 35.5 Å². The highest BCUT2D eigenvalue weighted by Gasteiger charge is 2.42. The smallest absolute Gasteiger partial charge is 0.419 e. The van der Waals surface area contributed by atoms with Gasteiger partial charge in [0, 0.05) is 11.8 Å². The number of hydrogen-bond acceptors (Lipinski definition) is 12. The van der Waals surface area contributed by atoms with Crippen molar-refractivity contribution in [2.75, 3.05) is 25.9 Å². The molecule has 3 aliphatic heterocycles. The number of hydrogen-bond donors (Lipinski definition) is 2. The van der Waals surface area contributed by atoms with Gasteiger partial charge >= 0.3 is 6.36 Å². The molecule has 3 aromatic rings. The van der Waals surface area contributed by atoms with Crippen LogP contribution in [-0.4, -0.2) is 72.6 Å². The molecule has 5 heterocycles. The number of piperidine rings is 1. The van der Waals surface area contributed by atoms with Crippen molar-refractivity contribution in [3.8, 4) is 23.1 Å². The molecule has 1 saturated heterocycles. The second-order valence-electron chi connectivity index (χ2n) is 11.6. The number of halogens is 3. The maximum Gasteiger partial charge on any atom is 0.573 e. The summed E-state index contributed by atoms with van der Waals surface area (Å²) in [7, 11) is -2.01. The number of alkyl halides is 3. The Morgan fingerprint density at radius 1 is 1.17 bits per heavy atom. The average Bonchev–Trinajstić information content (AvgIpc) is 3.44. The summed E-state index contributed by atoms with van der Waals surface area (Å²) in [5.74, 6) is -1.37. The van der Waals surface area contributed by atoms with E-state index in [1.807, 2.05) is 7.05 Å². The van der Waals surface area contributed by atoms with E-state index in [2.05, 4.69) is 36.2 Å². The Bertz CT molecular complexity index is 1950. The summed E-state index contributed by atoms with van der Waals surface area (Å²) in [6.07, 6.45) is 0.172. The minimum atomic E-state index is -4.84. The number of rotatable bonds is 6. The standard InChI is InChI=1S/C31H28F3N7O5S/c1-41-10-8-30(17-35,9-11-41)29-40-39-27(45-29)21-13-20(25-26(42)23(36)16-47(43,44)28(25)38-14-21)12-18-2-4-19(5-3-18)24-7-6-22(15-37-24)46-31(32,33)34/h2-7,13-15,23,38H,8-12,16,36H2,1H3/t23-/m0/s1. The first-order chi connectivity index (χ1) is 22.3. The lowest BCUT2D eigenvalue weighted by atomic mass is 9.80. The molecule has 0 spiro atoms. The van der Waals surface area contributed by atoms with Gasteiger partial charge in [-0.2, -0.15) is 5.26 Å². The molecule has 3 aliphatic rings. The minimum Gasteiger partial charge on any atom is -0.419 e. The Morgan fingerprint density at radius 2 is 1.89 bits per heavy atom. The summed E-state index contributed by atoms with van der Waals surface area (Å²) < 4.78 is 73.8. The topological polar surface area (TPSA) is 177 Å². The Labute approximate surface area is 267 Å². The van der Waals surface area contributed by atoms with Crippen molar-refractivity contribution >= 4 is 21.2 Å². The SMILES string of the molecule is CN1CCC(C#N)(c2nnc(C3=CNC4=C(C(=O)[C@@H](N)CS4(=O)=O)C(Cc4ccc(-c5ccc(OC(F)(F)F)cn5)cc4)=C3)o2)CC1. The van der Waals surface area contributed by atoms with Gasteiger partial charge in [-0.1, -0.05) is 24.3 Å². The third kappa shape index (κ3) is 6.55. The number of likely N-dealkylation sites (tertiary alicyclic amines) is 1. The van der Waals surface area contributed by atoms with Crippen LogP contribution in [0.4, 0.5) is 13.2 Å². The van der Waals surface area contributed by atoms with Gasteiger partial charge in [-0.05, 0) is 68.7 Å². The molecule has 2 aromatic heterocycles. The highest BCUT2D eigenvalue weighted by atomic mass is 32.2. The molecule has 6 rings (SSSR count). The van der Waals surface area contributed by atoms with Crippen molar-refractivity contribution in [1.29, 1.82) is 5.26 Å². The Balaban J connectivity index is 1.33. The van der Waals surface area contributed by atoms with Crippen LogP contribution in [0.25, 0.3) is 16.8 Å². The molecule has 0 radical (unpaired) electrons. The Morgan fingerprint density at radius 3 is 2.53 bits per heavy atom. The molecular weight excluding hydrogens is 639 g/mol. The normalized spacial score (nSPS) is 21.1. The van der Waals surface area contributed by atoms with E-state index in [0.717, 1.165) is 12.3 Å². The zero-order valence-electron chi connectivity index (χ0n) is 24.9. The van der Waals surface area contributed by atoms with E-state index in [-0.39, 0.29) is 28.8 Å². The van der Waals surface area contributed by atoms with E-state index in [1.165, 1.54) is 12.3 Å². The van der Waals surface area contributed by atoms with Gasteiger partial charge < -0.3 is 25.1 Å². The van der Waals surface area contributed by atoms with Crippen molar-refractivity contribution in [3.05, 3.63) is 88.4 Å². The lowest BCUT2D eigenvalue weighted by molar-refractivity contribution is -0.274. The number of pyridine rings is 1. The van der Waals surface area contributed by atoms with Gasteiger partial charge in [-0.25, -0.2) is 8.42 Å². The lowest BCUT2D eigenvalue weighted by Gasteiger charge is -2.32. The van der Waals surface area contributed by atoms with E-state index < -0.39 is 44.9 Å². The number of nitrogens with two attached hydrogens (primary N) is 1. The molecule has 1 fully saturated rings. The summed E-state index contributed by atoms with van der Waals surface area (Å²) in [5.41, 5.74) is 7.23. The number of Topliss-reactive ketones (excluding diaryl/α,β-unsaturated/α-hetero) is 1. The summed E-state index contributed by atoms with van der Waals surface area (Å²) in [6.45, 7) is 1.34. The lowest BCUT2D eigenvalue weighted by Crippen LogP contribution is -2.45. The summed E-state index contributed by atoms with van der Waals surface area (Å²) in [5, 5.41) is 20.9. The molecule has 1 atom stereocenters. The summed E-state index contributed by atoms with van der Waals surface area (Å²) in [4.78, 5) is 19.5. The molecule has 12 nitrogen and oxygen atoms in total. The molecular formula is C31H28F3N7O5S. The second kappa shape index (κ2) is 12.1. The Hall–Kier alpha value is -4.85. The van der Waals surface area contributed by atoms with Gasteiger partial charge in [0.2, 0.25) is 11.8 Å². The van der Waals surface area contributed by atoms with Crippen LogP contribution in [0.2, 0.25) is 0 Å². The number of carbonyl (C=O) groups is 1. The number of ether oxygens (including phenoxy) is 1. The number of ketones is 1. The van der Waals surface area contributed by atoms with Gasteiger partial charge in [0.15, 0.2) is 15.6 Å². The van der Waals surface area contributed by atoms with E-state index in [4.69, 9.17) is 10.2 Å². The zero-order valence-corrected chi connectivity index (χ0v) is 25.7. The molecule has 1 aromatic carbocycles. The fraction of sp³-hybridized carbons (Fsp3) is 0.323. The zero-order chi connectivity index (χ0) is 33.6. The Kier molecular flexibility index (Phi) is 8.24. The number of aromatic nitrogens is 3. The van der Waals surface area contributed by atoms with Gasteiger partial charge in [-0.3, -0.25) is 9.78 Å². The van der Waals surface area contributed by atoms with Crippen LogP contribution in [0.15, 0.2) is 75.5 Å². The van der Waals surface area contributed by atoms with Gasteiger partial charge in [0.25, 0.3) is 0 Å². The number of nitrogens with one attached hydrogen (secondary N) is 1. The van der Waals surface area contributed by atoms with Crippen LogP contribution in [0.5, 0.6) is 5.75 Å². The van der Waals surface area contributed by atoms with Crippen LogP contribution in [0, 0.1) is 11.3 Å². The molecule has 0 bridgehead atoms. The van der Waals surface area contributed by atoms with Crippen molar-refractivity contribution in [2.45, 2.75) is 37.1 Å². The van der Waals surface area contributed by atoms with Crippen LogP contribution in [-0.2, 0) is 26.5 Å². The van der Waals surface area contributed by atoms with Crippen LogP contribution < -0.4 is 15.8 Å². The molecule has 0 saturated carbocycles. The van der Waals surface area contributed by atoms with Gasteiger partial charge in [0.05, 0.1) is 40.9 Å². The fourth-order valence-electron chi connectivity index (χ4n) is 5.69. The molecule has 244 valence electrons. The molecule has 3 N–H and O–H groups in total. The van der Waals surface area contributed by atoms with Crippen LogP contribution in [0.1, 0.15) is 30.2 Å². The summed E-state index contributed by atoms with van der Waals surface area (Å²) >= 11 is 0. The van der Waals surface area contributed by atoms with E-state index in [1.54, 1.807) is 30.3 Å². The predicted octanol–water partition coefficient (Wildman–Crippen LogP) is 3.17. The average molecular weight is 668 g/mol. The first kappa shape index (κ1) is 32.1. The predicted molar refractivity (Wildman–Crippen MR) is 161 cm³/mol. The monoisotopic (exact) mass is 667 g/mol. The minimum absolute atomic E-state index is 0.0342. The van der Waals surface area contributed by atoms with E-state index in [9.17, 15) is 31.6 Å². The number of allylic oxidation sites excluding steroid dienone is 3. The molecule has 47 heavy (non-hydrogen) atoms. The number of sulfone groups is 1. The third-order valence-corrected chi connectivity index (χ3v) is 10.0.